The zero-order valence-electron chi connectivity index (χ0n) is 12.4. The van der Waals surface area contributed by atoms with Crippen molar-refractivity contribution < 1.29 is 23.3 Å². The fourth-order valence-corrected chi connectivity index (χ4v) is 2.32. The summed E-state index contributed by atoms with van der Waals surface area (Å²) in [5.41, 5.74) is 0.338. The molecule has 1 aliphatic rings. The van der Waals surface area contributed by atoms with Crippen LogP contribution in [0.3, 0.4) is 0 Å². The number of halogens is 4. The van der Waals surface area contributed by atoms with Crippen LogP contribution in [-0.4, -0.2) is 51.4 Å². The fraction of sp³-hybridized carbons (Fsp3) is 1.00. The molecule has 116 valence electrons. The molecule has 1 rings (SSSR count). The zero-order chi connectivity index (χ0) is 15.2. The summed E-state index contributed by atoms with van der Waals surface area (Å²) in [6.45, 7) is 13.6. The topological polar surface area (TPSA) is 9.23 Å². The van der Waals surface area contributed by atoms with Crippen molar-refractivity contribution in [3.8, 4) is 0 Å². The van der Waals surface area contributed by atoms with Crippen LogP contribution < -0.4 is 0 Å². The van der Waals surface area contributed by atoms with Gasteiger partial charge in [-0.05, 0) is 27.2 Å². The van der Waals surface area contributed by atoms with E-state index in [2.05, 4.69) is 27.7 Å². The van der Waals surface area contributed by atoms with Gasteiger partial charge in [-0.15, -0.1) is 0 Å². The van der Waals surface area contributed by atoms with Gasteiger partial charge in [-0.3, -0.25) is 4.48 Å². The van der Waals surface area contributed by atoms with E-state index < -0.39 is 14.9 Å². The molecule has 1 heterocycles. The van der Waals surface area contributed by atoms with Crippen LogP contribution >= 0.6 is 0 Å². The van der Waals surface area contributed by atoms with E-state index in [0.29, 0.717) is 5.54 Å². The summed E-state index contributed by atoms with van der Waals surface area (Å²) in [7, 11) is 0. The van der Waals surface area contributed by atoms with Gasteiger partial charge in [0.2, 0.25) is 0 Å². The molecule has 0 aromatic rings. The van der Waals surface area contributed by atoms with Crippen molar-refractivity contribution in [3.05, 3.63) is 0 Å². The minimum absolute atomic E-state index is 0.338. The third kappa shape index (κ3) is 8.13. The van der Waals surface area contributed by atoms with Crippen molar-refractivity contribution in [2.45, 2.75) is 52.5 Å². The van der Waals surface area contributed by atoms with E-state index >= 15 is 0 Å². The summed E-state index contributed by atoms with van der Waals surface area (Å²) in [5.74, 6) is 0. The molecule has 19 heavy (non-hydrogen) atoms. The van der Waals surface area contributed by atoms with Crippen molar-refractivity contribution in [1.29, 1.82) is 0 Å². The maximum atomic E-state index is 9.85. The summed E-state index contributed by atoms with van der Waals surface area (Å²) in [6, 6.07) is 0. The van der Waals surface area contributed by atoms with Gasteiger partial charge in [0.1, 0.15) is 0 Å². The first-order chi connectivity index (χ1) is 8.52. The van der Waals surface area contributed by atoms with Gasteiger partial charge >= 0.3 is 14.9 Å². The lowest BCUT2D eigenvalue weighted by molar-refractivity contribution is -0.976. The van der Waals surface area contributed by atoms with Crippen LogP contribution in [0.25, 0.3) is 0 Å². The van der Waals surface area contributed by atoms with E-state index in [-0.39, 0.29) is 0 Å². The number of nitrogens with zero attached hydrogens (tertiary/aromatic N) is 1. The summed E-state index contributed by atoms with van der Waals surface area (Å²) >= 11 is -6.83. The van der Waals surface area contributed by atoms with E-state index in [1.165, 1.54) is 25.9 Å². The summed E-state index contributed by atoms with van der Waals surface area (Å²) in [4.78, 5) is 0. The first-order valence-electron chi connectivity index (χ1n) is 6.83. The average molecular weight is 303 g/mol. The van der Waals surface area contributed by atoms with E-state index in [1.807, 2.05) is 0 Å². The highest BCUT2D eigenvalue weighted by Gasteiger charge is 2.42. The summed E-state index contributed by atoms with van der Waals surface area (Å²) < 4.78 is 46.3. The maximum Gasteiger partial charge on any atom is 1.04 e. The molecule has 0 amide bonds. The monoisotopic (exact) mass is 303 g/mol. The van der Waals surface area contributed by atoms with Crippen molar-refractivity contribution in [2.24, 2.45) is 0 Å². The third-order valence-corrected chi connectivity index (χ3v) is 3.53. The molecule has 0 aromatic carbocycles. The molecule has 0 spiro atoms. The lowest BCUT2D eigenvalue weighted by Crippen LogP contribution is -2.59. The largest absolute Gasteiger partial charge is 1.04 e. The minimum atomic E-state index is -6.83. The molecule has 1 aliphatic heterocycles. The number of rotatable bonds is 4. The van der Waals surface area contributed by atoms with Crippen LogP contribution in [0.15, 0.2) is 0 Å². The van der Waals surface area contributed by atoms with E-state index in [0.717, 1.165) is 24.2 Å². The molecule has 0 aliphatic carbocycles. The predicted octanol–water partition coefficient (Wildman–Crippen LogP) is 4.08. The van der Waals surface area contributed by atoms with Gasteiger partial charge in [0, 0.05) is 12.8 Å². The number of hydrogen-bond acceptors (Lipinski definition) is 1. The molecule has 0 N–H and O–H groups in total. The second kappa shape index (κ2) is 7.82. The van der Waals surface area contributed by atoms with Crippen LogP contribution in [0, 0.1) is 0 Å². The van der Waals surface area contributed by atoms with Crippen molar-refractivity contribution >= 4 is 14.9 Å². The first kappa shape index (κ1) is 19.2. The number of likely N-dealkylation sites (tertiary alicyclic amines) is 1. The van der Waals surface area contributed by atoms with E-state index in [9.17, 15) is 14.1 Å². The molecule has 1 fully saturated rings. The number of quaternary nitrogens is 1. The lowest BCUT2D eigenvalue weighted by Gasteiger charge is -2.45. The second-order valence-corrected chi connectivity index (χ2v) is 6.99. The van der Waals surface area contributed by atoms with Gasteiger partial charge in [0.25, 0.3) is 0 Å². The Labute approximate surface area is 117 Å². The molecule has 0 radical (unpaired) electrons. The van der Waals surface area contributed by atoms with Gasteiger partial charge in [-0.1, -0.05) is 6.92 Å². The van der Waals surface area contributed by atoms with E-state index in [4.69, 9.17) is 4.74 Å². The molecule has 0 bridgehead atoms. The smallest absolute Gasteiger partial charge is 0.510 e. The number of hydrogen-bond donors (Lipinski definition) is 0. The van der Waals surface area contributed by atoms with Gasteiger partial charge in [-0.25, -0.2) is 0 Å². The van der Waals surface area contributed by atoms with Crippen LogP contribution in [-0.2, 0) is 4.74 Å². The predicted molar refractivity (Wildman–Crippen MR) is 70.3 cm³/mol. The van der Waals surface area contributed by atoms with Crippen LogP contribution in [0.5, 0.6) is 0 Å². The molecule has 0 atom stereocenters. The molecular formula is C12H26AlF4NO. The van der Waals surface area contributed by atoms with E-state index in [1.54, 1.807) is 0 Å². The lowest BCUT2D eigenvalue weighted by atomic mass is 10.0. The molecule has 0 saturated carbocycles. The van der Waals surface area contributed by atoms with Crippen molar-refractivity contribution in [2.75, 3.05) is 26.4 Å². The molecule has 1 saturated heterocycles. The molecule has 0 unspecified atom stereocenters. The van der Waals surface area contributed by atoms with Gasteiger partial charge in [0.15, 0.2) is 6.73 Å². The second-order valence-electron chi connectivity index (χ2n) is 6.00. The standard InChI is InChI=1S/C12H26NO.Al.4FH/c1-5-10-14-11-13(12(2,3)4)8-6-7-9-13;;;;;/h5-11H2,1-4H3;;4*1H/q+1;+3;;;;/p-4. The van der Waals surface area contributed by atoms with Crippen molar-refractivity contribution in [1.82, 2.24) is 0 Å². The Kier molecular flexibility index (Phi) is 7.89. The van der Waals surface area contributed by atoms with Gasteiger partial charge in [0.05, 0.1) is 25.2 Å². The molecule has 2 nitrogen and oxygen atoms in total. The molecule has 0 aromatic heterocycles. The highest BCUT2D eigenvalue weighted by Crippen LogP contribution is 2.30. The fourth-order valence-electron chi connectivity index (χ4n) is 2.32. The Morgan fingerprint density at radius 3 is 1.79 bits per heavy atom. The maximum absolute atomic E-state index is 9.85. The van der Waals surface area contributed by atoms with Gasteiger partial charge < -0.3 is 18.8 Å². The molecular weight excluding hydrogens is 277 g/mol. The highest BCUT2D eigenvalue weighted by molar-refractivity contribution is 6.50. The highest BCUT2D eigenvalue weighted by atomic mass is 27.5. The Morgan fingerprint density at radius 1 is 1.05 bits per heavy atom. The van der Waals surface area contributed by atoms with Crippen LogP contribution in [0.1, 0.15) is 47.0 Å². The van der Waals surface area contributed by atoms with Crippen LogP contribution in [0.4, 0.5) is 14.1 Å². The number of ether oxygens (including phenoxy) is 1. The Morgan fingerprint density at radius 2 is 1.47 bits per heavy atom. The Balaban J connectivity index is 0.000000555. The Hall–Kier alpha value is 0.172. The summed E-state index contributed by atoms with van der Waals surface area (Å²) in [6.07, 6.45) is 3.86. The first-order valence-corrected chi connectivity index (χ1v) is 8.58. The summed E-state index contributed by atoms with van der Waals surface area (Å²) in [5, 5.41) is 0. The minimum Gasteiger partial charge on any atom is -0.510 e. The SMILES string of the molecule is CCCOC[N+]1(C(C)(C)C)CCCC1.[F][Al-]([F])([F])[F]. The third-order valence-electron chi connectivity index (χ3n) is 3.53. The average Bonchev–Trinajstić information content (AvgIpc) is 2.64. The zero-order valence-corrected chi connectivity index (χ0v) is 13.5. The van der Waals surface area contributed by atoms with Crippen LogP contribution in [0.2, 0.25) is 0 Å². The Bertz CT molecular complexity index is 241. The van der Waals surface area contributed by atoms with Crippen molar-refractivity contribution in [3.63, 3.8) is 0 Å². The molecule has 7 heteroatoms. The van der Waals surface area contributed by atoms with Gasteiger partial charge in [-0.2, -0.15) is 0 Å². The normalized spacial score (nSPS) is 18.9. The quantitative estimate of drug-likeness (QED) is 0.329.